The van der Waals surface area contributed by atoms with Crippen LogP contribution in [0.3, 0.4) is 0 Å². The number of hydrogen-bond acceptors (Lipinski definition) is 3. The van der Waals surface area contributed by atoms with Crippen molar-refractivity contribution in [2.45, 2.75) is 13.0 Å². The average Bonchev–Trinajstić information content (AvgIpc) is 2.44. The molecule has 0 aliphatic carbocycles. The Kier molecular flexibility index (Phi) is 4.74. The van der Waals surface area contributed by atoms with Gasteiger partial charge in [0.1, 0.15) is 11.8 Å². The smallest absolute Gasteiger partial charge is 0.326 e. The third-order valence-electron chi connectivity index (χ3n) is 2.99. The summed E-state index contributed by atoms with van der Waals surface area (Å²) < 4.78 is 5.03. The summed E-state index contributed by atoms with van der Waals surface area (Å²) in [6, 6.07) is 5.67. The topological polar surface area (TPSA) is 70.1 Å². The van der Waals surface area contributed by atoms with Crippen molar-refractivity contribution in [3.05, 3.63) is 24.3 Å². The lowest BCUT2D eigenvalue weighted by molar-refractivity contribution is -0.141. The number of methoxy groups -OCH3 is 1. The van der Waals surface area contributed by atoms with Gasteiger partial charge in [-0.1, -0.05) is 0 Å². The van der Waals surface area contributed by atoms with Crippen LogP contribution in [0.15, 0.2) is 24.3 Å². The van der Waals surface area contributed by atoms with Crippen molar-refractivity contribution in [2.24, 2.45) is 0 Å². The Hall–Kier alpha value is -2.24. The van der Waals surface area contributed by atoms with Crippen LogP contribution in [0.25, 0.3) is 0 Å². The van der Waals surface area contributed by atoms with E-state index in [-0.39, 0.29) is 6.03 Å². The van der Waals surface area contributed by atoms with Crippen molar-refractivity contribution in [1.29, 1.82) is 0 Å². The molecule has 0 aromatic heterocycles. The van der Waals surface area contributed by atoms with E-state index in [1.54, 1.807) is 38.4 Å². The number of carbonyl (C=O) groups is 2. The summed E-state index contributed by atoms with van der Waals surface area (Å²) in [4.78, 5) is 25.5. The summed E-state index contributed by atoms with van der Waals surface area (Å²) in [6.45, 7) is 1.46. The summed E-state index contributed by atoms with van der Waals surface area (Å²) in [7, 11) is 4.61. The number of ether oxygens (including phenoxy) is 1. The first-order chi connectivity index (χ1) is 8.88. The van der Waals surface area contributed by atoms with Crippen molar-refractivity contribution in [1.82, 2.24) is 4.90 Å². The molecule has 19 heavy (non-hydrogen) atoms. The first-order valence-corrected chi connectivity index (χ1v) is 5.76. The Bertz CT molecular complexity index is 458. The van der Waals surface area contributed by atoms with Gasteiger partial charge >= 0.3 is 12.0 Å². The SMILES string of the molecule is COc1ccc(N(C)C(=O)N(C)C(C)C(=O)O)cc1. The third kappa shape index (κ3) is 3.37. The summed E-state index contributed by atoms with van der Waals surface area (Å²) in [5.74, 6) is -0.351. The van der Waals surface area contributed by atoms with Crippen molar-refractivity contribution >= 4 is 17.7 Å². The van der Waals surface area contributed by atoms with Crippen LogP contribution >= 0.6 is 0 Å². The fourth-order valence-corrected chi connectivity index (χ4v) is 1.48. The molecule has 2 amide bonds. The van der Waals surface area contributed by atoms with Gasteiger partial charge in [0.2, 0.25) is 0 Å². The van der Waals surface area contributed by atoms with Crippen LogP contribution in [-0.4, -0.2) is 49.3 Å². The van der Waals surface area contributed by atoms with Gasteiger partial charge in [0, 0.05) is 19.8 Å². The summed E-state index contributed by atoms with van der Waals surface area (Å²) >= 11 is 0. The Morgan fingerprint density at radius 1 is 1.21 bits per heavy atom. The molecule has 0 fully saturated rings. The average molecular weight is 266 g/mol. The Labute approximate surface area is 112 Å². The Morgan fingerprint density at radius 3 is 2.16 bits per heavy atom. The number of rotatable bonds is 4. The van der Waals surface area contributed by atoms with Crippen LogP contribution in [-0.2, 0) is 4.79 Å². The highest BCUT2D eigenvalue weighted by Gasteiger charge is 2.24. The highest BCUT2D eigenvalue weighted by atomic mass is 16.5. The Morgan fingerprint density at radius 2 is 1.74 bits per heavy atom. The number of likely N-dealkylation sites (N-methyl/N-ethyl adjacent to an activating group) is 1. The molecule has 0 aliphatic rings. The lowest BCUT2D eigenvalue weighted by Crippen LogP contribution is -2.46. The standard InChI is InChI=1S/C13H18N2O4/c1-9(12(16)17)14(2)13(18)15(3)10-5-7-11(19-4)8-6-10/h5-9H,1-4H3,(H,16,17). The van der Waals surface area contributed by atoms with Crippen LogP contribution in [0.5, 0.6) is 5.75 Å². The van der Waals surface area contributed by atoms with Crippen LogP contribution in [0, 0.1) is 0 Å². The number of carboxylic acids is 1. The number of benzene rings is 1. The number of urea groups is 1. The molecule has 1 aromatic carbocycles. The number of carbonyl (C=O) groups excluding carboxylic acids is 1. The van der Waals surface area contributed by atoms with Crippen molar-refractivity contribution < 1.29 is 19.4 Å². The molecule has 6 nitrogen and oxygen atoms in total. The zero-order chi connectivity index (χ0) is 14.6. The molecule has 0 saturated heterocycles. The van der Waals surface area contributed by atoms with Crippen molar-refractivity contribution in [3.63, 3.8) is 0 Å². The van der Waals surface area contributed by atoms with E-state index in [1.165, 1.54) is 23.8 Å². The van der Waals surface area contributed by atoms with E-state index in [1.807, 2.05) is 0 Å². The number of aliphatic carboxylic acids is 1. The second kappa shape index (κ2) is 6.08. The predicted molar refractivity (Wildman–Crippen MR) is 71.7 cm³/mol. The molecule has 0 spiro atoms. The van der Waals surface area contributed by atoms with E-state index in [0.29, 0.717) is 11.4 Å². The van der Waals surface area contributed by atoms with Gasteiger partial charge in [-0.2, -0.15) is 0 Å². The molecule has 1 atom stereocenters. The van der Waals surface area contributed by atoms with Gasteiger partial charge < -0.3 is 14.7 Å². The predicted octanol–water partition coefficient (Wildman–Crippen LogP) is 1.66. The second-order valence-electron chi connectivity index (χ2n) is 4.16. The quantitative estimate of drug-likeness (QED) is 0.899. The number of hydrogen-bond donors (Lipinski definition) is 1. The van der Waals surface area contributed by atoms with E-state index < -0.39 is 12.0 Å². The maximum absolute atomic E-state index is 12.1. The van der Waals surface area contributed by atoms with E-state index in [0.717, 1.165) is 0 Å². The minimum atomic E-state index is -1.04. The molecule has 6 heteroatoms. The molecule has 1 unspecified atom stereocenters. The monoisotopic (exact) mass is 266 g/mol. The van der Waals surface area contributed by atoms with Gasteiger partial charge in [-0.05, 0) is 31.2 Å². The molecule has 0 bridgehead atoms. The largest absolute Gasteiger partial charge is 0.497 e. The fraction of sp³-hybridized carbons (Fsp3) is 0.385. The molecule has 104 valence electrons. The Balaban J connectivity index is 2.83. The van der Waals surface area contributed by atoms with Crippen LogP contribution in [0.2, 0.25) is 0 Å². The van der Waals surface area contributed by atoms with Gasteiger partial charge in [0.15, 0.2) is 0 Å². The molecule has 0 saturated carbocycles. The molecule has 1 rings (SSSR count). The van der Waals surface area contributed by atoms with E-state index in [9.17, 15) is 9.59 Å². The zero-order valence-corrected chi connectivity index (χ0v) is 11.5. The first-order valence-electron chi connectivity index (χ1n) is 5.76. The number of nitrogens with zero attached hydrogens (tertiary/aromatic N) is 2. The lowest BCUT2D eigenvalue weighted by atomic mass is 10.2. The maximum Gasteiger partial charge on any atom is 0.326 e. The summed E-state index contributed by atoms with van der Waals surface area (Å²) in [6.07, 6.45) is 0. The number of carboxylic acid groups (broad SMARTS) is 1. The number of anilines is 1. The van der Waals surface area contributed by atoms with Gasteiger partial charge in [0.25, 0.3) is 0 Å². The van der Waals surface area contributed by atoms with Crippen molar-refractivity contribution in [2.75, 3.05) is 26.1 Å². The molecule has 0 heterocycles. The van der Waals surface area contributed by atoms with Crippen LogP contribution in [0.1, 0.15) is 6.92 Å². The summed E-state index contributed by atoms with van der Waals surface area (Å²) in [5.41, 5.74) is 0.662. The van der Waals surface area contributed by atoms with Gasteiger partial charge in [0.05, 0.1) is 7.11 Å². The molecular weight excluding hydrogens is 248 g/mol. The molecular formula is C13H18N2O4. The summed E-state index contributed by atoms with van der Waals surface area (Å²) in [5, 5.41) is 8.89. The van der Waals surface area contributed by atoms with Crippen LogP contribution in [0.4, 0.5) is 10.5 Å². The highest BCUT2D eigenvalue weighted by Crippen LogP contribution is 2.19. The van der Waals surface area contributed by atoms with Gasteiger partial charge in [-0.3, -0.25) is 4.90 Å². The highest BCUT2D eigenvalue weighted by molar-refractivity contribution is 5.93. The van der Waals surface area contributed by atoms with Crippen LogP contribution < -0.4 is 9.64 Å². The van der Waals surface area contributed by atoms with E-state index in [2.05, 4.69) is 0 Å². The van der Waals surface area contributed by atoms with Gasteiger partial charge in [-0.15, -0.1) is 0 Å². The zero-order valence-electron chi connectivity index (χ0n) is 11.5. The lowest BCUT2D eigenvalue weighted by Gasteiger charge is -2.27. The van der Waals surface area contributed by atoms with Crippen molar-refractivity contribution in [3.8, 4) is 5.75 Å². The van der Waals surface area contributed by atoms with Gasteiger partial charge in [-0.25, -0.2) is 9.59 Å². The minimum Gasteiger partial charge on any atom is -0.497 e. The van der Waals surface area contributed by atoms with E-state index >= 15 is 0 Å². The normalized spacial score (nSPS) is 11.6. The molecule has 0 aliphatic heterocycles. The molecule has 0 radical (unpaired) electrons. The first kappa shape index (κ1) is 14.8. The van der Waals surface area contributed by atoms with E-state index in [4.69, 9.17) is 9.84 Å². The fourth-order valence-electron chi connectivity index (χ4n) is 1.48. The maximum atomic E-state index is 12.1. The number of amides is 2. The minimum absolute atomic E-state index is 0.389. The second-order valence-corrected chi connectivity index (χ2v) is 4.16. The molecule has 1 aromatic rings. The molecule has 1 N–H and O–H groups in total. The third-order valence-corrected chi connectivity index (χ3v) is 2.99.